The van der Waals surface area contributed by atoms with Crippen molar-refractivity contribution in [1.29, 1.82) is 5.41 Å². The Morgan fingerprint density at radius 1 is 1.24 bits per heavy atom. The predicted molar refractivity (Wildman–Crippen MR) is 132 cm³/mol. The van der Waals surface area contributed by atoms with E-state index < -0.39 is 11.7 Å². The standard InChI is InChI=1S/C21H20FN3O2.C5H8N2/c22-17-10-16(21(27)25-7-8-26)11-18(19(23)12-17)20(24)15-6-5-13-3-1-2-4-14(13)9-15;1-2-5-3-6-4-7-5/h1-6,9-11,24,26H,7-8,12,23H2,(H,25,27);3-4H,2H2,1H3,(H,6,7). The molecule has 34 heavy (non-hydrogen) atoms. The number of halogens is 1. The molecule has 8 heteroatoms. The van der Waals surface area contributed by atoms with Gasteiger partial charge in [-0.05, 0) is 35.4 Å². The molecule has 0 atom stereocenters. The normalized spacial score (nSPS) is 13.4. The monoisotopic (exact) mass is 461 g/mol. The van der Waals surface area contributed by atoms with E-state index in [4.69, 9.17) is 16.2 Å². The molecule has 0 spiro atoms. The van der Waals surface area contributed by atoms with Crippen LogP contribution in [-0.2, 0) is 11.2 Å². The van der Waals surface area contributed by atoms with Crippen LogP contribution in [0.2, 0.25) is 0 Å². The fourth-order valence-electron chi connectivity index (χ4n) is 3.40. The quantitative estimate of drug-likeness (QED) is 0.359. The van der Waals surface area contributed by atoms with Crippen molar-refractivity contribution in [3.05, 3.63) is 101 Å². The second kappa shape index (κ2) is 11.7. The van der Waals surface area contributed by atoms with E-state index in [2.05, 4.69) is 22.2 Å². The van der Waals surface area contributed by atoms with Gasteiger partial charge in [-0.25, -0.2) is 9.37 Å². The highest BCUT2D eigenvalue weighted by Gasteiger charge is 2.19. The Labute approximate surface area is 197 Å². The van der Waals surface area contributed by atoms with Crippen LogP contribution in [-0.4, -0.2) is 39.8 Å². The van der Waals surface area contributed by atoms with E-state index in [0.717, 1.165) is 23.3 Å². The maximum absolute atomic E-state index is 14.1. The summed E-state index contributed by atoms with van der Waals surface area (Å²) in [6, 6.07) is 13.4. The van der Waals surface area contributed by atoms with Crippen LogP contribution in [0.15, 0.2) is 89.8 Å². The molecule has 0 saturated heterocycles. The number of nitrogens with two attached hydrogens (primary N) is 1. The molecule has 6 N–H and O–H groups in total. The Kier molecular flexibility index (Phi) is 8.48. The average Bonchev–Trinajstić information content (AvgIpc) is 3.33. The van der Waals surface area contributed by atoms with Gasteiger partial charge in [0.1, 0.15) is 5.83 Å². The number of amides is 1. The summed E-state index contributed by atoms with van der Waals surface area (Å²) in [6.45, 7) is 1.93. The Morgan fingerprint density at radius 2 is 2.00 bits per heavy atom. The number of nitrogens with zero attached hydrogens (tertiary/aromatic N) is 1. The number of fused-ring (bicyclic) bond motifs is 1. The van der Waals surface area contributed by atoms with Crippen molar-refractivity contribution in [1.82, 2.24) is 15.3 Å². The van der Waals surface area contributed by atoms with Crippen molar-refractivity contribution in [3.8, 4) is 0 Å². The number of hydrogen-bond donors (Lipinski definition) is 5. The van der Waals surface area contributed by atoms with Gasteiger partial charge in [0.25, 0.3) is 5.91 Å². The van der Waals surface area contributed by atoms with Gasteiger partial charge in [-0.15, -0.1) is 0 Å². The lowest BCUT2D eigenvalue weighted by Gasteiger charge is -2.11. The van der Waals surface area contributed by atoms with Gasteiger partial charge >= 0.3 is 0 Å². The number of rotatable bonds is 6. The van der Waals surface area contributed by atoms with E-state index in [1.807, 2.05) is 42.6 Å². The summed E-state index contributed by atoms with van der Waals surface area (Å²) in [7, 11) is 0. The van der Waals surface area contributed by atoms with Crippen molar-refractivity contribution in [2.75, 3.05) is 13.2 Å². The number of H-pyrrole nitrogens is 1. The van der Waals surface area contributed by atoms with Crippen LogP contribution in [0.1, 0.15) is 24.6 Å². The van der Waals surface area contributed by atoms with Gasteiger partial charge in [0, 0.05) is 47.3 Å². The molecule has 0 bridgehead atoms. The number of carbonyl (C=O) groups excluding carboxylic acids is 1. The summed E-state index contributed by atoms with van der Waals surface area (Å²) < 4.78 is 14.1. The molecule has 1 aliphatic carbocycles. The molecule has 176 valence electrons. The second-order valence-electron chi connectivity index (χ2n) is 7.65. The molecule has 0 saturated carbocycles. The minimum atomic E-state index is -0.556. The first-order valence-corrected chi connectivity index (χ1v) is 10.9. The number of hydrogen-bond acceptors (Lipinski definition) is 5. The van der Waals surface area contributed by atoms with Crippen LogP contribution in [0.4, 0.5) is 4.39 Å². The molecule has 1 aliphatic rings. The molecule has 0 fully saturated rings. The van der Waals surface area contributed by atoms with E-state index in [1.165, 1.54) is 11.8 Å². The minimum absolute atomic E-state index is 0.0574. The number of benzene rings is 2. The Morgan fingerprint density at radius 3 is 2.65 bits per heavy atom. The van der Waals surface area contributed by atoms with Crippen LogP contribution >= 0.6 is 0 Å². The molecule has 0 unspecified atom stereocenters. The van der Waals surface area contributed by atoms with E-state index in [1.54, 1.807) is 12.4 Å². The van der Waals surface area contributed by atoms with Crippen molar-refractivity contribution in [2.45, 2.75) is 19.8 Å². The molecule has 2 aromatic carbocycles. The Balaban J connectivity index is 0.000000396. The van der Waals surface area contributed by atoms with Gasteiger partial charge in [0.15, 0.2) is 0 Å². The highest BCUT2D eigenvalue weighted by Crippen LogP contribution is 2.25. The zero-order valence-electron chi connectivity index (χ0n) is 18.9. The second-order valence-corrected chi connectivity index (χ2v) is 7.65. The van der Waals surface area contributed by atoms with Gasteiger partial charge in [0.2, 0.25) is 0 Å². The largest absolute Gasteiger partial charge is 0.401 e. The number of aliphatic hydroxyl groups excluding tert-OH is 1. The van der Waals surface area contributed by atoms with E-state index in [9.17, 15) is 9.18 Å². The SMILES string of the molecule is CCc1cnc[nH]1.N=C(C1=C(N)CC(F)=CC(C(=O)NCCO)=C1)c1ccc2ccccc2c1. The Hall–Kier alpha value is -4.04. The van der Waals surface area contributed by atoms with E-state index in [-0.39, 0.29) is 36.6 Å². The number of carbonyl (C=O) groups is 1. The number of allylic oxidation sites excluding steroid dienone is 3. The van der Waals surface area contributed by atoms with Crippen LogP contribution < -0.4 is 11.1 Å². The van der Waals surface area contributed by atoms with Crippen molar-refractivity contribution < 1.29 is 14.3 Å². The molecular formula is C26H28FN5O2. The first kappa shape index (κ1) is 24.6. The van der Waals surface area contributed by atoms with Crippen LogP contribution in [0.5, 0.6) is 0 Å². The molecular weight excluding hydrogens is 433 g/mol. The van der Waals surface area contributed by atoms with Gasteiger partial charge in [-0.3, -0.25) is 10.2 Å². The first-order valence-electron chi connectivity index (χ1n) is 10.9. The van der Waals surface area contributed by atoms with Gasteiger partial charge in [-0.1, -0.05) is 43.3 Å². The molecule has 0 aliphatic heterocycles. The Bertz CT molecular complexity index is 1260. The number of nitrogens with one attached hydrogen (secondary N) is 3. The molecule has 3 aromatic rings. The van der Waals surface area contributed by atoms with E-state index >= 15 is 0 Å². The zero-order chi connectivity index (χ0) is 24.5. The van der Waals surface area contributed by atoms with E-state index in [0.29, 0.717) is 11.1 Å². The number of aromatic nitrogens is 2. The maximum atomic E-state index is 14.1. The third-order valence-electron chi connectivity index (χ3n) is 5.22. The summed E-state index contributed by atoms with van der Waals surface area (Å²) in [5.41, 5.74) is 8.52. The minimum Gasteiger partial charge on any atom is -0.401 e. The van der Waals surface area contributed by atoms with Gasteiger partial charge < -0.3 is 21.1 Å². The van der Waals surface area contributed by atoms with Crippen molar-refractivity contribution in [3.63, 3.8) is 0 Å². The van der Waals surface area contributed by atoms with Gasteiger partial charge in [-0.2, -0.15) is 0 Å². The molecule has 1 heterocycles. The molecule has 1 aromatic heterocycles. The highest BCUT2D eigenvalue weighted by atomic mass is 19.1. The lowest BCUT2D eigenvalue weighted by Crippen LogP contribution is -2.27. The zero-order valence-corrected chi connectivity index (χ0v) is 18.9. The van der Waals surface area contributed by atoms with Crippen LogP contribution in [0.25, 0.3) is 10.8 Å². The molecule has 4 rings (SSSR count). The topological polar surface area (TPSA) is 128 Å². The molecule has 7 nitrogen and oxygen atoms in total. The smallest absolute Gasteiger partial charge is 0.251 e. The summed E-state index contributed by atoms with van der Waals surface area (Å²) in [5.74, 6) is -1.09. The summed E-state index contributed by atoms with van der Waals surface area (Å²) in [6.07, 6.45) is 6.93. The first-order chi connectivity index (χ1) is 16.4. The lowest BCUT2D eigenvalue weighted by molar-refractivity contribution is -0.117. The van der Waals surface area contributed by atoms with Crippen molar-refractivity contribution in [2.24, 2.45) is 5.73 Å². The average molecular weight is 462 g/mol. The third-order valence-corrected chi connectivity index (χ3v) is 5.22. The third kappa shape index (κ3) is 6.26. The number of imidazole rings is 1. The van der Waals surface area contributed by atoms with Crippen molar-refractivity contribution >= 4 is 22.4 Å². The fraction of sp³-hybridized carbons (Fsp3) is 0.192. The van der Waals surface area contributed by atoms with Gasteiger partial charge in [0.05, 0.1) is 18.6 Å². The lowest BCUT2D eigenvalue weighted by atomic mass is 9.96. The number of aromatic amines is 1. The fourth-order valence-corrected chi connectivity index (χ4v) is 3.40. The van der Waals surface area contributed by atoms with Crippen LogP contribution in [0.3, 0.4) is 0 Å². The summed E-state index contributed by atoms with van der Waals surface area (Å²) in [5, 5.41) is 21.9. The van der Waals surface area contributed by atoms with Crippen LogP contribution in [0, 0.1) is 5.41 Å². The predicted octanol–water partition coefficient (Wildman–Crippen LogP) is 3.68. The summed E-state index contributed by atoms with van der Waals surface area (Å²) >= 11 is 0. The molecule has 0 radical (unpaired) electrons. The number of aliphatic hydroxyl groups is 1. The number of aryl methyl sites for hydroxylation is 1. The maximum Gasteiger partial charge on any atom is 0.251 e. The summed E-state index contributed by atoms with van der Waals surface area (Å²) in [4.78, 5) is 19.0. The highest BCUT2D eigenvalue weighted by molar-refractivity contribution is 6.15. The molecule has 1 amide bonds.